The quantitative estimate of drug-likeness (QED) is 0.650. The Kier molecular flexibility index (Phi) is 4.29. The van der Waals surface area contributed by atoms with Crippen LogP contribution < -0.4 is 9.62 Å². The Morgan fingerprint density at radius 1 is 1.00 bits per heavy atom. The molecule has 0 radical (unpaired) electrons. The van der Waals surface area contributed by atoms with Gasteiger partial charge in [0.05, 0.1) is 21.4 Å². The van der Waals surface area contributed by atoms with E-state index in [9.17, 15) is 13.2 Å². The van der Waals surface area contributed by atoms with Crippen molar-refractivity contribution < 1.29 is 13.2 Å². The molecule has 0 aromatic heterocycles. The molecule has 0 atom stereocenters. The van der Waals surface area contributed by atoms with Gasteiger partial charge in [0.15, 0.2) is 0 Å². The molecule has 1 N–H and O–H groups in total. The molecule has 8 heteroatoms. The molecule has 5 nitrogen and oxygen atoms in total. The second kappa shape index (κ2) is 6.41. The fourth-order valence-electron chi connectivity index (χ4n) is 3.38. The van der Waals surface area contributed by atoms with Crippen molar-refractivity contribution in [1.82, 2.24) is 0 Å². The van der Waals surface area contributed by atoms with E-state index in [4.69, 9.17) is 23.2 Å². The summed E-state index contributed by atoms with van der Waals surface area (Å²) in [6, 6.07) is 13.2. The van der Waals surface area contributed by atoms with E-state index in [1.165, 1.54) is 12.1 Å². The summed E-state index contributed by atoms with van der Waals surface area (Å²) in [7, 11) is -4.02. The van der Waals surface area contributed by atoms with Crippen molar-refractivity contribution in [1.29, 1.82) is 0 Å². The van der Waals surface area contributed by atoms with Gasteiger partial charge < -0.3 is 4.90 Å². The number of halogens is 2. The lowest BCUT2D eigenvalue weighted by atomic mass is 10.0. The Bertz CT molecular complexity index is 1190. The number of hydrogen-bond acceptors (Lipinski definition) is 3. The normalized spacial score (nSPS) is 13.4. The lowest BCUT2D eigenvalue weighted by Gasteiger charge is -2.16. The second-order valence-electron chi connectivity index (χ2n) is 6.07. The van der Waals surface area contributed by atoms with Crippen molar-refractivity contribution in [3.05, 3.63) is 64.1 Å². The van der Waals surface area contributed by atoms with Crippen molar-refractivity contribution in [2.24, 2.45) is 0 Å². The molecule has 0 bridgehead atoms. The highest BCUT2D eigenvalue weighted by atomic mass is 35.5. The van der Waals surface area contributed by atoms with Gasteiger partial charge in [-0.2, -0.15) is 0 Å². The molecule has 1 heterocycles. The minimum atomic E-state index is -4.02. The summed E-state index contributed by atoms with van der Waals surface area (Å²) in [4.78, 5) is 14.1. The molecule has 0 saturated carbocycles. The van der Waals surface area contributed by atoms with Gasteiger partial charge in [0.1, 0.15) is 4.90 Å². The van der Waals surface area contributed by atoms with Crippen LogP contribution in [0, 0.1) is 0 Å². The molecule has 1 aliphatic heterocycles. The molecule has 4 rings (SSSR count). The number of carbonyl (C=O) groups excluding carboxylic acids is 1. The number of nitrogens with zero attached hydrogens (tertiary/aromatic N) is 1. The standard InChI is InChI=1S/C19H14Cl2N2O3S/c1-2-23-16-10-9-15(11-5-3-6-12(17(11)16)19(23)24)22-27(25,26)18-13(20)7-4-8-14(18)21/h3-10,22H,2H2,1H3. The van der Waals surface area contributed by atoms with Crippen molar-refractivity contribution >= 4 is 61.3 Å². The van der Waals surface area contributed by atoms with E-state index < -0.39 is 10.0 Å². The van der Waals surface area contributed by atoms with Gasteiger partial charge in [0.2, 0.25) is 0 Å². The molecular formula is C19H14Cl2N2O3S. The smallest absolute Gasteiger partial charge is 0.264 e. The third kappa shape index (κ3) is 2.76. The zero-order valence-electron chi connectivity index (χ0n) is 14.2. The van der Waals surface area contributed by atoms with Crippen LogP contribution in [0.5, 0.6) is 0 Å². The summed E-state index contributed by atoms with van der Waals surface area (Å²) in [5.41, 5.74) is 1.69. The summed E-state index contributed by atoms with van der Waals surface area (Å²) in [6.07, 6.45) is 0. The van der Waals surface area contributed by atoms with Crippen LogP contribution in [0.2, 0.25) is 10.0 Å². The maximum absolute atomic E-state index is 12.9. The Labute approximate surface area is 166 Å². The number of anilines is 2. The summed E-state index contributed by atoms with van der Waals surface area (Å²) in [5, 5.41) is 1.44. The fraction of sp³-hybridized carbons (Fsp3) is 0.105. The van der Waals surface area contributed by atoms with E-state index in [0.29, 0.717) is 23.2 Å². The molecular weight excluding hydrogens is 407 g/mol. The Balaban J connectivity index is 1.88. The van der Waals surface area contributed by atoms with Crippen LogP contribution in [-0.4, -0.2) is 20.9 Å². The molecule has 138 valence electrons. The van der Waals surface area contributed by atoms with Gasteiger partial charge in [-0.25, -0.2) is 8.42 Å². The number of rotatable bonds is 4. The molecule has 0 aliphatic carbocycles. The molecule has 1 amide bonds. The monoisotopic (exact) mass is 420 g/mol. The van der Waals surface area contributed by atoms with Gasteiger partial charge in [-0.1, -0.05) is 41.4 Å². The molecule has 0 fully saturated rings. The zero-order chi connectivity index (χ0) is 19.3. The van der Waals surface area contributed by atoms with Crippen LogP contribution in [0.4, 0.5) is 11.4 Å². The predicted octanol–water partition coefficient (Wildman–Crippen LogP) is 4.93. The largest absolute Gasteiger partial charge is 0.308 e. The maximum atomic E-state index is 12.9. The fourth-order valence-corrected chi connectivity index (χ4v) is 5.61. The third-order valence-corrected chi connectivity index (χ3v) is 6.85. The van der Waals surface area contributed by atoms with Crippen LogP contribution in [-0.2, 0) is 10.0 Å². The first-order valence-corrected chi connectivity index (χ1v) is 10.4. The minimum absolute atomic E-state index is 0.0354. The van der Waals surface area contributed by atoms with Crippen molar-refractivity contribution in [3.63, 3.8) is 0 Å². The van der Waals surface area contributed by atoms with E-state index in [-0.39, 0.29) is 20.8 Å². The van der Waals surface area contributed by atoms with E-state index in [2.05, 4.69) is 4.72 Å². The van der Waals surface area contributed by atoms with Gasteiger partial charge >= 0.3 is 0 Å². The highest BCUT2D eigenvalue weighted by molar-refractivity contribution is 7.93. The minimum Gasteiger partial charge on any atom is -0.308 e. The Hall–Kier alpha value is -2.28. The summed E-state index contributed by atoms with van der Waals surface area (Å²) < 4.78 is 28.4. The van der Waals surface area contributed by atoms with Gasteiger partial charge in [0, 0.05) is 22.9 Å². The summed E-state index contributed by atoms with van der Waals surface area (Å²) in [6.45, 7) is 2.43. The van der Waals surface area contributed by atoms with Gasteiger partial charge in [-0.15, -0.1) is 0 Å². The zero-order valence-corrected chi connectivity index (χ0v) is 16.5. The first-order valence-electron chi connectivity index (χ1n) is 8.19. The molecule has 3 aromatic carbocycles. The number of sulfonamides is 1. The molecule has 0 unspecified atom stereocenters. The predicted molar refractivity (Wildman–Crippen MR) is 109 cm³/mol. The van der Waals surface area contributed by atoms with E-state index in [1.54, 1.807) is 41.3 Å². The first kappa shape index (κ1) is 18.1. The Morgan fingerprint density at radius 2 is 1.67 bits per heavy atom. The van der Waals surface area contributed by atoms with Crippen molar-refractivity contribution in [2.45, 2.75) is 11.8 Å². The van der Waals surface area contributed by atoms with Crippen LogP contribution in [0.25, 0.3) is 10.8 Å². The average molecular weight is 421 g/mol. The highest BCUT2D eigenvalue weighted by Gasteiger charge is 2.30. The topological polar surface area (TPSA) is 66.5 Å². The molecule has 1 aliphatic rings. The third-order valence-electron chi connectivity index (χ3n) is 4.53. The SMILES string of the molecule is CCN1C(=O)c2cccc3c(NS(=O)(=O)c4c(Cl)cccc4Cl)ccc1c23. The Morgan fingerprint density at radius 3 is 2.33 bits per heavy atom. The lowest BCUT2D eigenvalue weighted by Crippen LogP contribution is -2.25. The van der Waals surface area contributed by atoms with E-state index in [1.807, 2.05) is 6.92 Å². The highest BCUT2D eigenvalue weighted by Crippen LogP contribution is 2.41. The molecule has 0 saturated heterocycles. The van der Waals surface area contributed by atoms with Gasteiger partial charge in [-0.05, 0) is 37.3 Å². The maximum Gasteiger partial charge on any atom is 0.264 e. The molecule has 27 heavy (non-hydrogen) atoms. The number of hydrogen-bond donors (Lipinski definition) is 1. The van der Waals surface area contributed by atoms with E-state index >= 15 is 0 Å². The van der Waals surface area contributed by atoms with Gasteiger partial charge in [0.25, 0.3) is 15.9 Å². The molecule has 0 spiro atoms. The first-order chi connectivity index (χ1) is 12.8. The number of amides is 1. The van der Waals surface area contributed by atoms with Crippen LogP contribution in [0.3, 0.4) is 0 Å². The van der Waals surface area contributed by atoms with Crippen LogP contribution in [0.1, 0.15) is 17.3 Å². The molecule has 3 aromatic rings. The number of nitrogens with one attached hydrogen (secondary N) is 1. The van der Waals surface area contributed by atoms with Crippen LogP contribution >= 0.6 is 23.2 Å². The summed E-state index contributed by atoms with van der Waals surface area (Å²) in [5.74, 6) is -0.0905. The van der Waals surface area contributed by atoms with Crippen molar-refractivity contribution in [3.8, 4) is 0 Å². The van der Waals surface area contributed by atoms with Gasteiger partial charge in [-0.3, -0.25) is 9.52 Å². The lowest BCUT2D eigenvalue weighted by molar-refractivity contribution is 0.0994. The average Bonchev–Trinajstić information content (AvgIpc) is 2.90. The number of benzene rings is 3. The number of carbonyl (C=O) groups is 1. The second-order valence-corrected chi connectivity index (χ2v) is 8.50. The van der Waals surface area contributed by atoms with E-state index in [0.717, 1.165) is 11.1 Å². The van der Waals surface area contributed by atoms with Crippen molar-refractivity contribution in [2.75, 3.05) is 16.2 Å². The van der Waals surface area contributed by atoms with Crippen LogP contribution in [0.15, 0.2) is 53.4 Å². The summed E-state index contributed by atoms with van der Waals surface area (Å²) >= 11 is 12.1.